The van der Waals surface area contributed by atoms with Crippen LogP contribution in [0, 0.1) is 17.5 Å². The minimum atomic E-state index is -3.75. The Morgan fingerprint density at radius 1 is 0.905 bits per heavy atom. The Morgan fingerprint density at radius 2 is 1.57 bits per heavy atom. The molecule has 2 rings (SSSR count). The topological polar surface area (TPSA) is 46.2 Å². The van der Waals surface area contributed by atoms with Crippen molar-refractivity contribution in [3.8, 4) is 0 Å². The highest BCUT2D eigenvalue weighted by molar-refractivity contribution is 7.89. The monoisotopic (exact) mass is 315 g/mol. The molecule has 0 radical (unpaired) electrons. The normalized spacial score (nSPS) is 11.6. The zero-order chi connectivity index (χ0) is 15.5. The van der Waals surface area contributed by atoms with Crippen molar-refractivity contribution in [3.63, 3.8) is 0 Å². The van der Waals surface area contributed by atoms with Crippen molar-refractivity contribution in [1.29, 1.82) is 0 Å². The second-order valence-corrected chi connectivity index (χ2v) is 6.12. The molecule has 0 aliphatic rings. The van der Waals surface area contributed by atoms with Crippen LogP contribution in [0.1, 0.15) is 5.56 Å². The first-order valence-electron chi connectivity index (χ1n) is 6.08. The van der Waals surface area contributed by atoms with E-state index in [4.69, 9.17) is 0 Å². The molecule has 3 nitrogen and oxygen atoms in total. The van der Waals surface area contributed by atoms with Crippen LogP contribution in [-0.4, -0.2) is 15.0 Å². The van der Waals surface area contributed by atoms with Crippen LogP contribution in [0.3, 0.4) is 0 Å². The van der Waals surface area contributed by atoms with Gasteiger partial charge in [-0.15, -0.1) is 0 Å². The Morgan fingerprint density at radius 3 is 2.19 bits per heavy atom. The Labute approximate surface area is 120 Å². The van der Waals surface area contributed by atoms with E-state index in [1.54, 1.807) is 0 Å². The number of benzene rings is 2. The molecule has 21 heavy (non-hydrogen) atoms. The molecule has 0 amide bonds. The molecule has 2 aromatic carbocycles. The third kappa shape index (κ3) is 4.05. The summed E-state index contributed by atoms with van der Waals surface area (Å²) in [4.78, 5) is -0.0609. The highest BCUT2D eigenvalue weighted by atomic mass is 32.2. The lowest BCUT2D eigenvalue weighted by Crippen LogP contribution is -2.26. The van der Waals surface area contributed by atoms with Crippen LogP contribution in [0.5, 0.6) is 0 Å². The molecule has 0 saturated carbocycles. The van der Waals surface area contributed by atoms with Crippen LogP contribution in [0.15, 0.2) is 47.4 Å². The Hall–Kier alpha value is -1.86. The van der Waals surface area contributed by atoms with Gasteiger partial charge in [-0.05, 0) is 48.4 Å². The van der Waals surface area contributed by atoms with Crippen LogP contribution in [0.2, 0.25) is 0 Å². The zero-order valence-electron chi connectivity index (χ0n) is 10.8. The Balaban J connectivity index is 1.98. The molecule has 0 aliphatic carbocycles. The fourth-order valence-electron chi connectivity index (χ4n) is 1.72. The largest absolute Gasteiger partial charge is 0.240 e. The lowest BCUT2D eigenvalue weighted by atomic mass is 10.1. The number of hydrogen-bond acceptors (Lipinski definition) is 2. The summed E-state index contributed by atoms with van der Waals surface area (Å²) >= 11 is 0. The second kappa shape index (κ2) is 6.28. The summed E-state index contributed by atoms with van der Waals surface area (Å²) in [6, 6.07) is 7.77. The summed E-state index contributed by atoms with van der Waals surface area (Å²) in [6.07, 6.45) is 0.206. The molecule has 0 aliphatic heterocycles. The molecule has 112 valence electrons. The van der Waals surface area contributed by atoms with E-state index in [1.807, 2.05) is 0 Å². The molecule has 0 atom stereocenters. The van der Waals surface area contributed by atoms with E-state index in [2.05, 4.69) is 4.72 Å². The Kier molecular flexibility index (Phi) is 4.64. The van der Waals surface area contributed by atoms with Crippen molar-refractivity contribution in [2.45, 2.75) is 11.3 Å². The molecular formula is C14H12F3NO2S. The predicted octanol–water partition coefficient (Wildman–Crippen LogP) is 2.62. The molecule has 0 heterocycles. The molecule has 0 bridgehead atoms. The second-order valence-electron chi connectivity index (χ2n) is 4.35. The molecule has 0 fully saturated rings. The quantitative estimate of drug-likeness (QED) is 0.922. The molecule has 0 saturated heterocycles. The highest BCUT2D eigenvalue weighted by Gasteiger charge is 2.13. The number of hydrogen-bond donors (Lipinski definition) is 1. The third-order valence-electron chi connectivity index (χ3n) is 2.81. The minimum absolute atomic E-state index is 0.0186. The van der Waals surface area contributed by atoms with E-state index < -0.39 is 27.5 Å². The summed E-state index contributed by atoms with van der Waals surface area (Å²) < 4.78 is 64.6. The van der Waals surface area contributed by atoms with Crippen LogP contribution in [-0.2, 0) is 16.4 Å². The fraction of sp³-hybridized carbons (Fsp3) is 0.143. The molecular weight excluding hydrogens is 303 g/mol. The SMILES string of the molecule is O=S(=O)(NCCc1ccc(F)c(F)c1)c1ccc(F)cc1. The minimum Gasteiger partial charge on any atom is -0.211 e. The first-order valence-corrected chi connectivity index (χ1v) is 7.56. The predicted molar refractivity (Wildman–Crippen MR) is 71.7 cm³/mol. The summed E-state index contributed by atoms with van der Waals surface area (Å²) in [7, 11) is -3.75. The van der Waals surface area contributed by atoms with Crippen LogP contribution in [0.4, 0.5) is 13.2 Å². The Bertz CT molecular complexity index is 730. The molecule has 0 unspecified atom stereocenters. The van der Waals surface area contributed by atoms with Gasteiger partial charge in [0.05, 0.1) is 4.90 Å². The van der Waals surface area contributed by atoms with E-state index >= 15 is 0 Å². The third-order valence-corrected chi connectivity index (χ3v) is 4.29. The smallest absolute Gasteiger partial charge is 0.211 e. The van der Waals surface area contributed by atoms with Gasteiger partial charge in [0.2, 0.25) is 10.0 Å². The van der Waals surface area contributed by atoms with E-state index in [9.17, 15) is 21.6 Å². The van der Waals surface area contributed by atoms with Crippen molar-refractivity contribution in [3.05, 3.63) is 65.5 Å². The van der Waals surface area contributed by atoms with E-state index in [0.717, 1.165) is 36.4 Å². The zero-order valence-corrected chi connectivity index (χ0v) is 11.6. The van der Waals surface area contributed by atoms with Crippen molar-refractivity contribution in [1.82, 2.24) is 4.72 Å². The summed E-state index contributed by atoms with van der Waals surface area (Å²) in [5.41, 5.74) is 0.468. The fourth-order valence-corrected chi connectivity index (χ4v) is 2.75. The van der Waals surface area contributed by atoms with Crippen LogP contribution in [0.25, 0.3) is 0 Å². The van der Waals surface area contributed by atoms with Gasteiger partial charge in [0.1, 0.15) is 5.82 Å². The van der Waals surface area contributed by atoms with Gasteiger partial charge >= 0.3 is 0 Å². The van der Waals surface area contributed by atoms with Crippen LogP contribution < -0.4 is 4.72 Å². The molecule has 0 spiro atoms. The van der Waals surface area contributed by atoms with Gasteiger partial charge in [-0.2, -0.15) is 0 Å². The molecule has 7 heteroatoms. The van der Waals surface area contributed by atoms with E-state index in [0.29, 0.717) is 5.56 Å². The number of rotatable bonds is 5. The van der Waals surface area contributed by atoms with E-state index in [-0.39, 0.29) is 17.9 Å². The maximum Gasteiger partial charge on any atom is 0.240 e. The van der Waals surface area contributed by atoms with Crippen LogP contribution >= 0.6 is 0 Å². The molecule has 2 aromatic rings. The van der Waals surface area contributed by atoms with Gasteiger partial charge < -0.3 is 0 Å². The number of halogens is 3. The lowest BCUT2D eigenvalue weighted by Gasteiger charge is -2.07. The van der Waals surface area contributed by atoms with Crippen molar-refractivity contribution in [2.75, 3.05) is 6.54 Å². The average molecular weight is 315 g/mol. The summed E-state index contributed by atoms with van der Waals surface area (Å²) in [6.45, 7) is 0.0186. The standard InChI is InChI=1S/C14H12F3NO2S/c15-11-2-4-12(5-3-11)21(19,20)18-8-7-10-1-6-13(16)14(17)9-10/h1-6,9,18H,7-8H2. The van der Waals surface area contributed by atoms with Gasteiger partial charge in [-0.1, -0.05) is 6.07 Å². The van der Waals surface area contributed by atoms with Crippen molar-refractivity contribution in [2.24, 2.45) is 0 Å². The lowest BCUT2D eigenvalue weighted by molar-refractivity contribution is 0.507. The van der Waals surface area contributed by atoms with Crippen molar-refractivity contribution < 1.29 is 21.6 Å². The van der Waals surface area contributed by atoms with Gasteiger partial charge in [-0.3, -0.25) is 0 Å². The summed E-state index contributed by atoms with van der Waals surface area (Å²) in [5.74, 6) is -2.46. The maximum atomic E-state index is 13.0. The van der Waals surface area contributed by atoms with Gasteiger partial charge in [-0.25, -0.2) is 26.3 Å². The van der Waals surface area contributed by atoms with Crippen molar-refractivity contribution >= 4 is 10.0 Å². The molecule has 0 aromatic heterocycles. The molecule has 1 N–H and O–H groups in total. The highest BCUT2D eigenvalue weighted by Crippen LogP contribution is 2.11. The van der Waals surface area contributed by atoms with Gasteiger partial charge in [0, 0.05) is 6.54 Å². The first-order chi connectivity index (χ1) is 9.88. The number of nitrogens with one attached hydrogen (secondary N) is 1. The average Bonchev–Trinajstić information content (AvgIpc) is 2.43. The van der Waals surface area contributed by atoms with Gasteiger partial charge in [0.15, 0.2) is 11.6 Å². The first kappa shape index (κ1) is 15.5. The van der Waals surface area contributed by atoms with E-state index in [1.165, 1.54) is 6.07 Å². The number of sulfonamides is 1. The maximum absolute atomic E-state index is 13.0. The summed E-state index contributed by atoms with van der Waals surface area (Å²) in [5, 5.41) is 0. The van der Waals surface area contributed by atoms with Gasteiger partial charge in [0.25, 0.3) is 0 Å².